The third-order valence-electron chi connectivity index (χ3n) is 5.36. The van der Waals surface area contributed by atoms with Crippen LogP contribution in [-0.4, -0.2) is 44.2 Å². The van der Waals surface area contributed by atoms with Crippen LogP contribution in [0.5, 0.6) is 11.5 Å². The molecule has 0 bridgehead atoms. The quantitative estimate of drug-likeness (QED) is 0.738. The summed E-state index contributed by atoms with van der Waals surface area (Å²) < 4.78 is 51.9. The van der Waals surface area contributed by atoms with Crippen molar-refractivity contribution in [1.29, 1.82) is 0 Å². The number of halogens is 3. The Morgan fingerprint density at radius 1 is 1.25 bits per heavy atom. The highest BCUT2D eigenvalue weighted by molar-refractivity contribution is 5.82. The summed E-state index contributed by atoms with van der Waals surface area (Å²) in [7, 11) is 1.47. The topological polar surface area (TPSA) is 59.6 Å². The van der Waals surface area contributed by atoms with E-state index in [0.717, 1.165) is 19.4 Å². The summed E-state index contributed by atoms with van der Waals surface area (Å²) in [4.78, 5) is 12.0. The summed E-state index contributed by atoms with van der Waals surface area (Å²) in [6, 6.07) is 2.63. The van der Waals surface area contributed by atoms with Gasteiger partial charge in [0.1, 0.15) is 5.75 Å². The van der Waals surface area contributed by atoms with Gasteiger partial charge in [-0.1, -0.05) is 0 Å². The van der Waals surface area contributed by atoms with Gasteiger partial charge in [-0.25, -0.2) is 13.2 Å². The molecule has 0 radical (unpaired) electrons. The van der Waals surface area contributed by atoms with Crippen molar-refractivity contribution in [2.24, 2.45) is 0 Å². The van der Waals surface area contributed by atoms with E-state index < -0.39 is 17.8 Å². The monoisotopic (exact) mass is 400 g/mol. The normalized spacial score (nSPS) is 22.1. The Morgan fingerprint density at radius 3 is 2.64 bits per heavy atom. The fourth-order valence-electron chi connectivity index (χ4n) is 3.71. The van der Waals surface area contributed by atoms with Crippen LogP contribution >= 0.6 is 0 Å². The van der Waals surface area contributed by atoms with Crippen molar-refractivity contribution < 1.29 is 27.4 Å². The molecule has 1 atom stereocenters. The number of alkyl halides is 2. The first kappa shape index (κ1) is 20.8. The lowest BCUT2D eigenvalue weighted by atomic mass is 9.94. The largest absolute Gasteiger partial charge is 0.496 e. The maximum Gasteiger partial charge on any atom is 0.248 e. The molecule has 2 N–H and O–H groups in total. The third kappa shape index (κ3) is 5.31. The van der Waals surface area contributed by atoms with Crippen LogP contribution in [0.25, 0.3) is 0 Å². The molecule has 156 valence electrons. The number of methoxy groups -OCH3 is 1. The lowest BCUT2D eigenvalue weighted by Crippen LogP contribution is -2.41. The molecule has 28 heavy (non-hydrogen) atoms. The van der Waals surface area contributed by atoms with Gasteiger partial charge in [-0.3, -0.25) is 4.79 Å². The van der Waals surface area contributed by atoms with E-state index in [0.29, 0.717) is 24.3 Å². The summed E-state index contributed by atoms with van der Waals surface area (Å²) in [6.07, 6.45) is 1.68. The smallest absolute Gasteiger partial charge is 0.248 e. The summed E-state index contributed by atoms with van der Waals surface area (Å²) in [6.45, 7) is 1.21. The van der Waals surface area contributed by atoms with Gasteiger partial charge in [0.2, 0.25) is 11.8 Å². The molecule has 2 aliphatic rings. The Kier molecular flexibility index (Phi) is 6.69. The first-order valence-electron chi connectivity index (χ1n) is 9.80. The van der Waals surface area contributed by atoms with Gasteiger partial charge in [0, 0.05) is 25.5 Å². The molecule has 8 heteroatoms. The van der Waals surface area contributed by atoms with Crippen molar-refractivity contribution >= 4 is 5.91 Å². The molecular weight excluding hydrogens is 373 g/mol. The first-order valence-corrected chi connectivity index (χ1v) is 9.80. The number of hydrogen-bond acceptors (Lipinski definition) is 4. The Bertz CT molecular complexity index is 684. The molecule has 2 fully saturated rings. The molecule has 1 aromatic rings. The summed E-state index contributed by atoms with van der Waals surface area (Å²) >= 11 is 0. The zero-order valence-electron chi connectivity index (χ0n) is 16.0. The van der Waals surface area contributed by atoms with E-state index in [1.54, 1.807) is 0 Å². The number of carbonyl (C=O) groups excluding carboxylic acids is 1. The van der Waals surface area contributed by atoms with Crippen molar-refractivity contribution in [3.05, 3.63) is 23.5 Å². The Hall–Kier alpha value is -1.96. The second kappa shape index (κ2) is 9.03. The predicted molar refractivity (Wildman–Crippen MR) is 98.5 cm³/mol. The van der Waals surface area contributed by atoms with E-state index in [1.165, 1.54) is 19.2 Å². The Morgan fingerprint density at radius 2 is 2.00 bits per heavy atom. The minimum atomic E-state index is -2.65. The number of hydrogen-bond donors (Lipinski definition) is 2. The zero-order valence-corrected chi connectivity index (χ0v) is 16.0. The van der Waals surface area contributed by atoms with Crippen LogP contribution < -0.4 is 20.1 Å². The highest BCUT2D eigenvalue weighted by Gasteiger charge is 2.36. The van der Waals surface area contributed by atoms with E-state index in [2.05, 4.69) is 10.6 Å². The molecule has 1 heterocycles. The fraction of sp³-hybridized carbons (Fsp3) is 0.650. The second-order valence-corrected chi connectivity index (χ2v) is 7.46. The molecule has 1 aromatic carbocycles. The fourth-order valence-corrected chi connectivity index (χ4v) is 3.71. The van der Waals surface area contributed by atoms with E-state index in [1.807, 2.05) is 0 Å². The molecule has 1 saturated carbocycles. The van der Waals surface area contributed by atoms with E-state index in [9.17, 15) is 18.0 Å². The van der Waals surface area contributed by atoms with Crippen LogP contribution in [0.3, 0.4) is 0 Å². The predicted octanol–water partition coefficient (Wildman–Crippen LogP) is 3.20. The summed E-state index contributed by atoms with van der Waals surface area (Å²) in [5.74, 6) is -2.80. The van der Waals surface area contributed by atoms with Crippen LogP contribution in [0.2, 0.25) is 0 Å². The Labute approximate surface area is 163 Å². The minimum absolute atomic E-state index is 0.00927. The molecule has 3 rings (SSSR count). The highest BCUT2D eigenvalue weighted by atomic mass is 19.3. The number of nitrogens with one attached hydrogen (secondary N) is 2. The average molecular weight is 400 g/mol. The number of ether oxygens (including phenoxy) is 2. The van der Waals surface area contributed by atoms with Gasteiger partial charge in [-0.2, -0.15) is 0 Å². The summed E-state index contributed by atoms with van der Waals surface area (Å²) in [5.41, 5.74) is 0.613. The van der Waals surface area contributed by atoms with Gasteiger partial charge >= 0.3 is 0 Å². The van der Waals surface area contributed by atoms with E-state index in [4.69, 9.17) is 9.47 Å². The van der Waals surface area contributed by atoms with Crippen molar-refractivity contribution in [3.8, 4) is 11.5 Å². The summed E-state index contributed by atoms with van der Waals surface area (Å²) in [5, 5.41) is 5.98. The van der Waals surface area contributed by atoms with Gasteiger partial charge in [0.25, 0.3) is 0 Å². The number of rotatable bonds is 7. The van der Waals surface area contributed by atoms with Crippen molar-refractivity contribution in [3.63, 3.8) is 0 Å². The lowest BCUT2D eigenvalue weighted by molar-refractivity contribution is -0.122. The molecule has 1 amide bonds. The molecule has 0 aromatic heterocycles. The van der Waals surface area contributed by atoms with Crippen LogP contribution in [0.4, 0.5) is 13.2 Å². The molecule has 0 spiro atoms. The molecule has 1 aliphatic heterocycles. The van der Waals surface area contributed by atoms with E-state index >= 15 is 0 Å². The van der Waals surface area contributed by atoms with Crippen molar-refractivity contribution in [2.45, 2.75) is 63.0 Å². The number of benzene rings is 1. The maximum absolute atomic E-state index is 14.5. The van der Waals surface area contributed by atoms with Gasteiger partial charge in [-0.15, -0.1) is 0 Å². The number of amides is 1. The molecule has 5 nitrogen and oxygen atoms in total. The first-order chi connectivity index (χ1) is 13.4. The van der Waals surface area contributed by atoms with Crippen molar-refractivity contribution in [1.82, 2.24) is 10.6 Å². The van der Waals surface area contributed by atoms with Crippen LogP contribution in [-0.2, 0) is 11.2 Å². The standard InChI is InChI=1S/C20H27F3N2O3/c1-27-17-12-18(28-14-4-7-20(22,23)8-5-14)15(21)11-13(17)6-10-25-19(26)16-3-2-9-24-16/h11-12,14,16,24H,2-10H2,1H3,(H,25,26)/t16-/m0/s1. The highest BCUT2D eigenvalue weighted by Crippen LogP contribution is 2.36. The lowest BCUT2D eigenvalue weighted by Gasteiger charge is -2.29. The van der Waals surface area contributed by atoms with Gasteiger partial charge < -0.3 is 20.1 Å². The minimum Gasteiger partial charge on any atom is -0.496 e. The molecular formula is C20H27F3N2O3. The Balaban J connectivity index is 1.57. The second-order valence-electron chi connectivity index (χ2n) is 7.46. The van der Waals surface area contributed by atoms with E-state index in [-0.39, 0.29) is 43.4 Å². The van der Waals surface area contributed by atoms with Gasteiger partial charge in [0.05, 0.1) is 19.3 Å². The van der Waals surface area contributed by atoms with Crippen LogP contribution in [0.1, 0.15) is 44.1 Å². The van der Waals surface area contributed by atoms with Crippen molar-refractivity contribution in [2.75, 3.05) is 20.2 Å². The van der Waals surface area contributed by atoms with Crippen LogP contribution in [0, 0.1) is 5.82 Å². The van der Waals surface area contributed by atoms with Crippen LogP contribution in [0.15, 0.2) is 12.1 Å². The van der Waals surface area contributed by atoms with Gasteiger partial charge in [-0.05, 0) is 50.3 Å². The maximum atomic E-state index is 14.5. The molecule has 1 aliphatic carbocycles. The zero-order chi connectivity index (χ0) is 20.1. The van der Waals surface area contributed by atoms with Gasteiger partial charge in [0.15, 0.2) is 11.6 Å². The molecule has 0 unspecified atom stereocenters. The molecule has 1 saturated heterocycles. The number of carbonyl (C=O) groups is 1. The average Bonchev–Trinajstić information content (AvgIpc) is 3.20. The third-order valence-corrected chi connectivity index (χ3v) is 5.36. The SMILES string of the molecule is COc1cc(OC2CCC(F)(F)CC2)c(F)cc1CCNC(=O)[C@@H]1CCCN1.